The van der Waals surface area contributed by atoms with Gasteiger partial charge in [-0.2, -0.15) is 5.10 Å². The molecule has 156 valence electrons. The van der Waals surface area contributed by atoms with Gasteiger partial charge in [-0.25, -0.2) is 9.67 Å². The first kappa shape index (κ1) is 20.3. The van der Waals surface area contributed by atoms with Crippen LogP contribution in [0.15, 0.2) is 73.3 Å². The number of carbonyl (C=O) groups excluding carboxylic acids is 1. The molecule has 0 saturated carbocycles. The van der Waals surface area contributed by atoms with Crippen molar-refractivity contribution in [1.29, 1.82) is 0 Å². The smallest absolute Gasteiger partial charge is 0.250 e. The molecule has 6 heteroatoms. The van der Waals surface area contributed by atoms with Crippen LogP contribution < -0.4 is 0 Å². The van der Waals surface area contributed by atoms with Gasteiger partial charge in [-0.05, 0) is 43.7 Å². The number of piperidine rings is 1. The van der Waals surface area contributed by atoms with E-state index in [9.17, 15) is 9.90 Å². The highest BCUT2D eigenvalue weighted by Crippen LogP contribution is 2.42. The van der Waals surface area contributed by atoms with Gasteiger partial charge in [0, 0.05) is 13.1 Å². The van der Waals surface area contributed by atoms with E-state index in [0.29, 0.717) is 13.1 Å². The quantitative estimate of drug-likeness (QED) is 0.709. The Balaban J connectivity index is 1.56. The molecule has 4 rings (SSSR count). The Morgan fingerprint density at radius 3 is 1.97 bits per heavy atom. The number of benzene rings is 2. The fourth-order valence-electron chi connectivity index (χ4n) is 4.50. The molecule has 0 spiro atoms. The SMILES string of the molecule is CC(C)(C(=O)N1CCC(C(O)(c2ccccc2)c2ccccc2)CC1)n1cncn1. The average Bonchev–Trinajstić information content (AvgIpc) is 3.35. The summed E-state index contributed by atoms with van der Waals surface area (Å²) in [6.45, 7) is 4.92. The highest BCUT2D eigenvalue weighted by molar-refractivity contribution is 5.83. The minimum atomic E-state index is -1.08. The predicted octanol–water partition coefficient (Wildman–Crippen LogP) is 3.19. The van der Waals surface area contributed by atoms with Crippen LogP contribution >= 0.6 is 0 Å². The second kappa shape index (κ2) is 8.03. The third-order valence-electron chi connectivity index (χ3n) is 6.32. The largest absolute Gasteiger partial charge is 0.380 e. The van der Waals surface area contributed by atoms with E-state index >= 15 is 0 Å². The number of carbonyl (C=O) groups is 1. The lowest BCUT2D eigenvalue weighted by Gasteiger charge is -2.43. The van der Waals surface area contributed by atoms with Crippen LogP contribution in [0.25, 0.3) is 0 Å². The maximum atomic E-state index is 13.2. The van der Waals surface area contributed by atoms with Crippen molar-refractivity contribution in [2.75, 3.05) is 13.1 Å². The Morgan fingerprint density at radius 2 is 1.50 bits per heavy atom. The van der Waals surface area contributed by atoms with Crippen LogP contribution in [0.5, 0.6) is 0 Å². The summed E-state index contributed by atoms with van der Waals surface area (Å²) in [5, 5.41) is 16.1. The summed E-state index contributed by atoms with van der Waals surface area (Å²) < 4.78 is 1.60. The summed E-state index contributed by atoms with van der Waals surface area (Å²) in [5.74, 6) is 0.0373. The Hall–Kier alpha value is -2.99. The Labute approximate surface area is 177 Å². The van der Waals surface area contributed by atoms with Gasteiger partial charge in [0.05, 0.1) is 0 Å². The summed E-state index contributed by atoms with van der Waals surface area (Å²) in [7, 11) is 0. The molecule has 0 atom stereocenters. The summed E-state index contributed by atoms with van der Waals surface area (Å²) >= 11 is 0. The van der Waals surface area contributed by atoms with E-state index in [4.69, 9.17) is 0 Å². The molecule has 0 aliphatic carbocycles. The Kier molecular flexibility index (Phi) is 5.43. The predicted molar refractivity (Wildman–Crippen MR) is 115 cm³/mol. The monoisotopic (exact) mass is 404 g/mol. The van der Waals surface area contributed by atoms with E-state index in [2.05, 4.69) is 10.1 Å². The molecular weight excluding hydrogens is 376 g/mol. The van der Waals surface area contributed by atoms with E-state index in [0.717, 1.165) is 24.0 Å². The van der Waals surface area contributed by atoms with Gasteiger partial charge in [0.2, 0.25) is 5.91 Å². The Morgan fingerprint density at radius 1 is 0.967 bits per heavy atom. The van der Waals surface area contributed by atoms with Gasteiger partial charge in [-0.1, -0.05) is 60.7 Å². The summed E-state index contributed by atoms with van der Waals surface area (Å²) in [5.41, 5.74) is -0.0924. The van der Waals surface area contributed by atoms with Gasteiger partial charge in [0.15, 0.2) is 0 Å². The number of amides is 1. The fourth-order valence-corrected chi connectivity index (χ4v) is 4.50. The fraction of sp³-hybridized carbons (Fsp3) is 0.375. The molecule has 0 radical (unpaired) electrons. The van der Waals surface area contributed by atoms with Crippen LogP contribution in [-0.2, 0) is 15.9 Å². The molecule has 1 aliphatic rings. The van der Waals surface area contributed by atoms with Crippen molar-refractivity contribution in [3.63, 3.8) is 0 Å². The summed E-state index contributed by atoms with van der Waals surface area (Å²) in [4.78, 5) is 19.0. The highest BCUT2D eigenvalue weighted by atomic mass is 16.3. The molecule has 1 aliphatic heterocycles. The number of hydrogen-bond acceptors (Lipinski definition) is 4. The first-order chi connectivity index (χ1) is 14.4. The van der Waals surface area contributed by atoms with Crippen molar-refractivity contribution in [3.05, 3.63) is 84.4 Å². The van der Waals surface area contributed by atoms with Crippen LogP contribution in [-0.4, -0.2) is 43.8 Å². The van der Waals surface area contributed by atoms with Crippen molar-refractivity contribution in [2.45, 2.75) is 37.8 Å². The third kappa shape index (κ3) is 3.52. The van der Waals surface area contributed by atoms with Gasteiger partial charge >= 0.3 is 0 Å². The number of rotatable bonds is 5. The van der Waals surface area contributed by atoms with Crippen molar-refractivity contribution < 1.29 is 9.90 Å². The maximum Gasteiger partial charge on any atom is 0.250 e. The van der Waals surface area contributed by atoms with Gasteiger partial charge < -0.3 is 10.0 Å². The van der Waals surface area contributed by atoms with E-state index in [1.807, 2.05) is 79.4 Å². The van der Waals surface area contributed by atoms with E-state index < -0.39 is 11.1 Å². The lowest BCUT2D eigenvalue weighted by molar-refractivity contribution is -0.142. The topological polar surface area (TPSA) is 71.2 Å². The minimum absolute atomic E-state index is 0.0147. The molecule has 1 amide bonds. The van der Waals surface area contributed by atoms with Gasteiger partial charge in [-0.3, -0.25) is 4.79 Å². The second-order valence-electron chi connectivity index (χ2n) is 8.46. The van der Waals surface area contributed by atoms with Crippen LogP contribution in [0.2, 0.25) is 0 Å². The van der Waals surface area contributed by atoms with Crippen LogP contribution in [0, 0.1) is 5.92 Å². The van der Waals surface area contributed by atoms with Crippen LogP contribution in [0.3, 0.4) is 0 Å². The lowest BCUT2D eigenvalue weighted by atomic mass is 9.72. The molecule has 1 saturated heterocycles. The standard InChI is InChI=1S/C24H28N4O2/c1-23(2,28-18-25-17-26-28)22(29)27-15-13-21(14-16-27)24(30,19-9-5-3-6-10-19)20-11-7-4-8-12-20/h3-12,17-18,21,30H,13-16H2,1-2H3. The van der Waals surface area contributed by atoms with E-state index in [-0.39, 0.29) is 11.8 Å². The highest BCUT2D eigenvalue weighted by Gasteiger charge is 2.43. The minimum Gasteiger partial charge on any atom is -0.380 e. The molecule has 3 aromatic rings. The lowest BCUT2D eigenvalue weighted by Crippen LogP contribution is -2.52. The summed E-state index contributed by atoms with van der Waals surface area (Å²) in [6, 6.07) is 19.7. The summed E-state index contributed by atoms with van der Waals surface area (Å²) in [6.07, 6.45) is 4.47. The second-order valence-corrected chi connectivity index (χ2v) is 8.46. The molecule has 1 aromatic heterocycles. The molecule has 0 bridgehead atoms. The molecule has 2 aromatic carbocycles. The zero-order valence-electron chi connectivity index (χ0n) is 17.5. The molecule has 1 N–H and O–H groups in total. The van der Waals surface area contributed by atoms with Crippen molar-refractivity contribution in [2.24, 2.45) is 5.92 Å². The van der Waals surface area contributed by atoms with Gasteiger partial charge in [0.25, 0.3) is 0 Å². The van der Waals surface area contributed by atoms with Gasteiger partial charge in [-0.15, -0.1) is 0 Å². The average molecular weight is 405 g/mol. The first-order valence-corrected chi connectivity index (χ1v) is 10.4. The van der Waals surface area contributed by atoms with E-state index in [1.54, 1.807) is 11.0 Å². The van der Waals surface area contributed by atoms with Crippen molar-refractivity contribution >= 4 is 5.91 Å². The van der Waals surface area contributed by atoms with Gasteiger partial charge in [0.1, 0.15) is 23.8 Å². The van der Waals surface area contributed by atoms with E-state index in [1.165, 1.54) is 6.33 Å². The van der Waals surface area contributed by atoms with Crippen LogP contribution in [0.4, 0.5) is 0 Å². The maximum absolute atomic E-state index is 13.2. The first-order valence-electron chi connectivity index (χ1n) is 10.4. The number of likely N-dealkylation sites (tertiary alicyclic amines) is 1. The number of nitrogens with zero attached hydrogens (tertiary/aromatic N) is 4. The molecular formula is C24H28N4O2. The number of aromatic nitrogens is 3. The zero-order chi connectivity index (χ0) is 21.2. The number of aliphatic hydroxyl groups is 1. The molecule has 6 nitrogen and oxygen atoms in total. The molecule has 2 heterocycles. The molecule has 0 unspecified atom stereocenters. The number of hydrogen-bond donors (Lipinski definition) is 1. The van der Waals surface area contributed by atoms with Crippen molar-refractivity contribution in [3.8, 4) is 0 Å². The molecule has 1 fully saturated rings. The van der Waals surface area contributed by atoms with Crippen molar-refractivity contribution in [1.82, 2.24) is 19.7 Å². The zero-order valence-corrected chi connectivity index (χ0v) is 17.5. The Bertz CT molecular complexity index is 923. The third-order valence-corrected chi connectivity index (χ3v) is 6.32. The van der Waals surface area contributed by atoms with Crippen LogP contribution in [0.1, 0.15) is 37.8 Å². The molecule has 30 heavy (non-hydrogen) atoms. The normalized spacial score (nSPS) is 15.9.